The molecule has 0 bridgehead atoms. The van der Waals surface area contributed by atoms with Crippen LogP contribution >= 0.6 is 0 Å². The van der Waals surface area contributed by atoms with Crippen molar-refractivity contribution in [2.24, 2.45) is 11.8 Å². The quantitative estimate of drug-likeness (QED) is 0.251. The Kier molecular flexibility index (Phi) is 11.9. The number of hydrogen-bond acceptors (Lipinski definition) is 7. The van der Waals surface area contributed by atoms with Crippen molar-refractivity contribution in [1.29, 1.82) is 0 Å². The summed E-state index contributed by atoms with van der Waals surface area (Å²) in [6, 6.07) is 15.7. The molecular formula is C38H53N3O7. The zero-order valence-corrected chi connectivity index (χ0v) is 28.8. The maximum atomic E-state index is 13.8. The molecule has 48 heavy (non-hydrogen) atoms. The predicted molar refractivity (Wildman–Crippen MR) is 181 cm³/mol. The molecular weight excluding hydrogens is 610 g/mol. The lowest BCUT2D eigenvalue weighted by Gasteiger charge is -2.51. The lowest BCUT2D eigenvalue weighted by molar-refractivity contribution is -0.278. The number of aliphatic hydroxyl groups excluding tert-OH is 1. The first-order valence-corrected chi connectivity index (χ1v) is 17.6. The molecule has 2 heterocycles. The number of amides is 2. The zero-order valence-electron chi connectivity index (χ0n) is 28.8. The van der Waals surface area contributed by atoms with Crippen LogP contribution in [-0.2, 0) is 37.0 Å². The Labute approximate surface area is 284 Å². The molecule has 3 aliphatic rings. The number of nitrogens with one attached hydrogen (secondary N) is 2. The standard InChI is InChI=1S/C38H53N3O7/c1-24-32(22-41-30-8-6-5-7-27(30)17-18-31(41)36(46)40-38(2,3)4)47-37(48-35(24)28-13-11-26(23-42)12-14-28)29-15-9-25(10-16-29)21-39-33(43)19-20-34(44)45/h9-16,24,27,30-32,35,37,42H,5-8,17-23H2,1-4H3,(H,39,43)(H,40,46)(H,44,45)/t24-,27-,30-,31-,32+,35+,37+/m1/s1. The molecule has 5 rings (SSSR count). The molecule has 4 N–H and O–H groups in total. The minimum Gasteiger partial charge on any atom is -0.481 e. The number of carbonyl (C=O) groups is 3. The summed E-state index contributed by atoms with van der Waals surface area (Å²) < 4.78 is 13.5. The molecule has 262 valence electrons. The van der Waals surface area contributed by atoms with Crippen LogP contribution in [0.5, 0.6) is 0 Å². The Bertz CT molecular complexity index is 1390. The molecule has 1 saturated carbocycles. The second kappa shape index (κ2) is 15.9. The number of hydrogen-bond donors (Lipinski definition) is 4. The molecule has 2 aromatic rings. The topological polar surface area (TPSA) is 137 Å². The van der Waals surface area contributed by atoms with E-state index in [0.717, 1.165) is 41.5 Å². The van der Waals surface area contributed by atoms with Gasteiger partial charge in [0.15, 0.2) is 6.29 Å². The summed E-state index contributed by atoms with van der Waals surface area (Å²) in [5.41, 5.74) is 3.25. The van der Waals surface area contributed by atoms with E-state index in [2.05, 4.69) is 22.5 Å². The van der Waals surface area contributed by atoms with Gasteiger partial charge in [0, 0.05) is 42.6 Å². The summed E-state index contributed by atoms with van der Waals surface area (Å²) >= 11 is 0. The number of ether oxygens (including phenoxy) is 2. The molecule has 2 saturated heterocycles. The molecule has 10 nitrogen and oxygen atoms in total. The normalized spacial score (nSPS) is 27.9. The molecule has 2 aromatic carbocycles. The number of likely N-dealkylation sites (tertiary alicyclic amines) is 1. The monoisotopic (exact) mass is 663 g/mol. The number of piperidine rings is 1. The van der Waals surface area contributed by atoms with Crippen LogP contribution in [0.2, 0.25) is 0 Å². The van der Waals surface area contributed by atoms with Crippen LogP contribution in [0.3, 0.4) is 0 Å². The maximum Gasteiger partial charge on any atom is 0.303 e. The fourth-order valence-electron chi connectivity index (χ4n) is 7.57. The molecule has 0 aromatic heterocycles. The number of fused-ring (bicyclic) bond motifs is 1. The van der Waals surface area contributed by atoms with Gasteiger partial charge in [-0.15, -0.1) is 0 Å². The summed E-state index contributed by atoms with van der Waals surface area (Å²) in [6.45, 7) is 9.13. The molecule has 3 fully saturated rings. The first-order chi connectivity index (χ1) is 22.9. The summed E-state index contributed by atoms with van der Waals surface area (Å²) in [4.78, 5) is 39.0. The Morgan fingerprint density at radius 2 is 1.54 bits per heavy atom. The van der Waals surface area contributed by atoms with Gasteiger partial charge < -0.3 is 30.3 Å². The lowest BCUT2D eigenvalue weighted by atomic mass is 9.75. The van der Waals surface area contributed by atoms with Crippen molar-refractivity contribution in [3.8, 4) is 0 Å². The van der Waals surface area contributed by atoms with Gasteiger partial charge in [-0.25, -0.2) is 0 Å². The molecule has 10 heteroatoms. The highest BCUT2D eigenvalue weighted by Gasteiger charge is 2.46. The van der Waals surface area contributed by atoms with Gasteiger partial charge in [-0.05, 0) is 69.1 Å². The first kappa shape index (κ1) is 36.0. The third kappa shape index (κ3) is 9.22. The largest absolute Gasteiger partial charge is 0.481 e. The van der Waals surface area contributed by atoms with E-state index < -0.39 is 12.3 Å². The van der Waals surface area contributed by atoms with Gasteiger partial charge in [-0.3, -0.25) is 19.3 Å². The van der Waals surface area contributed by atoms with Crippen molar-refractivity contribution < 1.29 is 34.1 Å². The van der Waals surface area contributed by atoms with Gasteiger partial charge in [0.1, 0.15) is 0 Å². The van der Waals surface area contributed by atoms with Crippen LogP contribution in [0.15, 0.2) is 48.5 Å². The second-order valence-electron chi connectivity index (χ2n) is 14.9. The van der Waals surface area contributed by atoms with Gasteiger partial charge in [0.25, 0.3) is 0 Å². The first-order valence-electron chi connectivity index (χ1n) is 17.6. The number of carboxylic acid groups (broad SMARTS) is 1. The molecule has 2 amide bonds. The fraction of sp³-hybridized carbons (Fsp3) is 0.605. The Hall–Kier alpha value is -3.31. The van der Waals surface area contributed by atoms with Gasteiger partial charge >= 0.3 is 5.97 Å². The molecule has 2 aliphatic heterocycles. The number of carboxylic acids is 1. The van der Waals surface area contributed by atoms with E-state index in [1.807, 2.05) is 69.3 Å². The average molecular weight is 664 g/mol. The lowest BCUT2D eigenvalue weighted by Crippen LogP contribution is -2.61. The van der Waals surface area contributed by atoms with Crippen LogP contribution in [0, 0.1) is 11.8 Å². The summed E-state index contributed by atoms with van der Waals surface area (Å²) in [7, 11) is 0. The van der Waals surface area contributed by atoms with Gasteiger partial charge in [-0.1, -0.05) is 68.3 Å². The van der Waals surface area contributed by atoms with Gasteiger partial charge in [0.05, 0.1) is 31.3 Å². The number of aliphatic hydroxyl groups is 1. The SMILES string of the molecule is C[C@@H]1[C@H](CN2[C@@H](C(=O)NC(C)(C)C)CC[C@H]3CCCC[C@H]32)O[C@H](c2ccc(CNC(=O)CCC(=O)O)cc2)O[C@@H]1c1ccc(CO)cc1. The van der Waals surface area contributed by atoms with Crippen LogP contribution in [0.4, 0.5) is 0 Å². The Morgan fingerprint density at radius 3 is 2.21 bits per heavy atom. The molecule has 1 aliphatic carbocycles. The van der Waals surface area contributed by atoms with E-state index >= 15 is 0 Å². The van der Waals surface area contributed by atoms with Crippen LogP contribution in [0.25, 0.3) is 0 Å². The number of benzene rings is 2. The zero-order chi connectivity index (χ0) is 34.4. The molecule has 0 unspecified atom stereocenters. The molecule has 0 spiro atoms. The van der Waals surface area contributed by atoms with Gasteiger partial charge in [0.2, 0.25) is 11.8 Å². The maximum absolute atomic E-state index is 13.8. The van der Waals surface area contributed by atoms with Crippen molar-refractivity contribution in [2.75, 3.05) is 6.54 Å². The molecule has 0 radical (unpaired) electrons. The highest BCUT2D eigenvalue weighted by molar-refractivity contribution is 5.82. The van der Waals surface area contributed by atoms with E-state index in [1.165, 1.54) is 19.3 Å². The van der Waals surface area contributed by atoms with Crippen molar-refractivity contribution in [2.45, 2.75) is 128 Å². The van der Waals surface area contributed by atoms with Crippen LogP contribution in [-0.4, -0.2) is 63.2 Å². The van der Waals surface area contributed by atoms with E-state index in [1.54, 1.807) is 0 Å². The van der Waals surface area contributed by atoms with Crippen molar-refractivity contribution in [1.82, 2.24) is 15.5 Å². The minimum atomic E-state index is -1.00. The summed E-state index contributed by atoms with van der Waals surface area (Å²) in [5.74, 6) is -0.650. The highest BCUT2D eigenvalue weighted by Crippen LogP contribution is 2.44. The van der Waals surface area contributed by atoms with E-state index in [-0.39, 0.29) is 61.0 Å². The minimum absolute atomic E-state index is 0.0168. The average Bonchev–Trinajstić information content (AvgIpc) is 3.07. The molecule has 7 atom stereocenters. The van der Waals surface area contributed by atoms with E-state index in [4.69, 9.17) is 14.6 Å². The number of nitrogens with zero attached hydrogens (tertiary/aromatic N) is 1. The number of aliphatic carboxylic acids is 1. The third-order valence-electron chi connectivity index (χ3n) is 10.1. The van der Waals surface area contributed by atoms with Crippen molar-refractivity contribution in [3.63, 3.8) is 0 Å². The smallest absolute Gasteiger partial charge is 0.303 e. The third-order valence-corrected chi connectivity index (χ3v) is 10.1. The number of rotatable bonds is 11. The van der Waals surface area contributed by atoms with E-state index in [0.29, 0.717) is 25.0 Å². The Balaban J connectivity index is 1.39. The highest BCUT2D eigenvalue weighted by atomic mass is 16.7. The Morgan fingerprint density at radius 1 is 0.875 bits per heavy atom. The van der Waals surface area contributed by atoms with Crippen molar-refractivity contribution >= 4 is 17.8 Å². The summed E-state index contributed by atoms with van der Waals surface area (Å²) in [5, 5.41) is 24.5. The number of carbonyl (C=O) groups excluding carboxylic acids is 2. The second-order valence-corrected chi connectivity index (χ2v) is 14.9. The van der Waals surface area contributed by atoms with Gasteiger partial charge in [-0.2, -0.15) is 0 Å². The van der Waals surface area contributed by atoms with Crippen molar-refractivity contribution in [3.05, 3.63) is 70.8 Å². The van der Waals surface area contributed by atoms with Crippen LogP contribution < -0.4 is 10.6 Å². The van der Waals surface area contributed by atoms with Crippen LogP contribution in [0.1, 0.15) is 114 Å². The predicted octanol–water partition coefficient (Wildman–Crippen LogP) is 5.39. The summed E-state index contributed by atoms with van der Waals surface area (Å²) in [6.07, 6.45) is 5.21. The van der Waals surface area contributed by atoms with E-state index in [9.17, 15) is 19.5 Å². The fourth-order valence-corrected chi connectivity index (χ4v) is 7.57.